The molecule has 1 N–H and O–H groups in total. The first-order chi connectivity index (χ1) is 10.2. The summed E-state index contributed by atoms with van der Waals surface area (Å²) in [4.78, 5) is 0. The molecule has 0 bridgehead atoms. The highest BCUT2D eigenvalue weighted by atomic mass is 35.5. The van der Waals surface area contributed by atoms with Gasteiger partial charge in [-0.2, -0.15) is 0 Å². The van der Waals surface area contributed by atoms with Gasteiger partial charge in [0.15, 0.2) is 11.5 Å². The molecular formula is C17H20ClNO2. The number of ether oxygens (including phenoxy) is 2. The molecule has 1 atom stereocenters. The summed E-state index contributed by atoms with van der Waals surface area (Å²) in [5, 5.41) is 3.99. The fourth-order valence-corrected chi connectivity index (χ4v) is 2.64. The number of benzene rings is 2. The first kappa shape index (κ1) is 15.7. The minimum absolute atomic E-state index is 0.111. The highest BCUT2D eigenvalue weighted by Gasteiger charge is 2.17. The summed E-state index contributed by atoms with van der Waals surface area (Å²) in [6.07, 6.45) is 0.854. The second-order valence-electron chi connectivity index (χ2n) is 4.76. The highest BCUT2D eigenvalue weighted by Crippen LogP contribution is 2.36. The molecule has 0 radical (unpaired) electrons. The van der Waals surface area contributed by atoms with Gasteiger partial charge in [-0.3, -0.25) is 0 Å². The van der Waals surface area contributed by atoms with E-state index in [1.807, 2.05) is 31.3 Å². The van der Waals surface area contributed by atoms with Crippen molar-refractivity contribution in [3.05, 3.63) is 58.6 Å². The van der Waals surface area contributed by atoms with Gasteiger partial charge in [0, 0.05) is 17.1 Å². The molecule has 112 valence electrons. The normalized spacial score (nSPS) is 12.0. The number of methoxy groups -OCH3 is 2. The van der Waals surface area contributed by atoms with E-state index in [1.165, 1.54) is 5.56 Å². The molecule has 1 unspecified atom stereocenters. The van der Waals surface area contributed by atoms with Gasteiger partial charge in [-0.1, -0.05) is 41.9 Å². The summed E-state index contributed by atoms with van der Waals surface area (Å²) < 4.78 is 10.6. The van der Waals surface area contributed by atoms with Gasteiger partial charge in [-0.25, -0.2) is 0 Å². The lowest BCUT2D eigenvalue weighted by atomic mass is 9.98. The first-order valence-electron chi connectivity index (χ1n) is 6.82. The van der Waals surface area contributed by atoms with Crippen molar-refractivity contribution in [3.63, 3.8) is 0 Å². The van der Waals surface area contributed by atoms with Crippen LogP contribution in [0.15, 0.2) is 42.5 Å². The Hall–Kier alpha value is -1.71. The van der Waals surface area contributed by atoms with E-state index in [-0.39, 0.29) is 6.04 Å². The van der Waals surface area contributed by atoms with Crippen LogP contribution in [-0.2, 0) is 6.42 Å². The Bertz CT molecular complexity index is 587. The van der Waals surface area contributed by atoms with Crippen molar-refractivity contribution in [3.8, 4) is 11.5 Å². The van der Waals surface area contributed by atoms with Crippen molar-refractivity contribution in [2.75, 3.05) is 21.3 Å². The predicted molar refractivity (Wildman–Crippen MR) is 86.5 cm³/mol. The molecule has 0 saturated heterocycles. The lowest BCUT2D eigenvalue weighted by molar-refractivity contribution is 0.354. The number of hydrogen-bond donors (Lipinski definition) is 1. The van der Waals surface area contributed by atoms with Crippen LogP contribution in [0.3, 0.4) is 0 Å². The van der Waals surface area contributed by atoms with Crippen LogP contribution < -0.4 is 14.8 Å². The van der Waals surface area contributed by atoms with Crippen LogP contribution in [-0.4, -0.2) is 21.3 Å². The van der Waals surface area contributed by atoms with Crippen molar-refractivity contribution in [2.24, 2.45) is 0 Å². The molecule has 0 heterocycles. The van der Waals surface area contributed by atoms with E-state index in [0.717, 1.165) is 12.0 Å². The van der Waals surface area contributed by atoms with Crippen LogP contribution in [0, 0.1) is 0 Å². The molecule has 0 aliphatic carbocycles. The molecule has 0 aliphatic rings. The smallest absolute Gasteiger partial charge is 0.162 e. The predicted octanol–water partition coefficient (Wildman–Crippen LogP) is 3.86. The molecule has 0 amide bonds. The summed E-state index contributed by atoms with van der Waals surface area (Å²) in [5.41, 5.74) is 2.25. The van der Waals surface area contributed by atoms with Gasteiger partial charge in [-0.05, 0) is 30.7 Å². The third kappa shape index (κ3) is 3.69. The van der Waals surface area contributed by atoms with E-state index in [0.29, 0.717) is 16.5 Å². The number of halogens is 1. The van der Waals surface area contributed by atoms with E-state index in [9.17, 15) is 0 Å². The minimum atomic E-state index is 0.111. The van der Waals surface area contributed by atoms with E-state index >= 15 is 0 Å². The quantitative estimate of drug-likeness (QED) is 0.879. The Balaban J connectivity index is 2.33. The van der Waals surface area contributed by atoms with Crippen LogP contribution in [0.25, 0.3) is 0 Å². The maximum Gasteiger partial charge on any atom is 0.162 e. The summed E-state index contributed by atoms with van der Waals surface area (Å²) in [5.74, 6) is 1.33. The Morgan fingerprint density at radius 2 is 1.67 bits per heavy atom. The molecule has 2 aromatic rings. The number of likely N-dealkylation sites (N-methyl/N-ethyl adjacent to an activating group) is 1. The van der Waals surface area contributed by atoms with Gasteiger partial charge >= 0.3 is 0 Å². The maximum absolute atomic E-state index is 6.40. The summed E-state index contributed by atoms with van der Waals surface area (Å²) in [7, 11) is 5.16. The van der Waals surface area contributed by atoms with Gasteiger partial charge in [0.25, 0.3) is 0 Å². The van der Waals surface area contributed by atoms with Gasteiger partial charge in [0.2, 0.25) is 0 Å². The van der Waals surface area contributed by atoms with E-state index in [4.69, 9.17) is 21.1 Å². The van der Waals surface area contributed by atoms with E-state index in [2.05, 4.69) is 17.4 Å². The van der Waals surface area contributed by atoms with Gasteiger partial charge in [0.1, 0.15) is 0 Å². The zero-order chi connectivity index (χ0) is 15.2. The van der Waals surface area contributed by atoms with Gasteiger partial charge < -0.3 is 14.8 Å². The molecule has 4 heteroatoms. The average molecular weight is 306 g/mol. The lowest BCUT2D eigenvalue weighted by Crippen LogP contribution is -2.19. The molecule has 2 aromatic carbocycles. The van der Waals surface area contributed by atoms with Gasteiger partial charge in [-0.15, -0.1) is 0 Å². The van der Waals surface area contributed by atoms with Crippen molar-refractivity contribution < 1.29 is 9.47 Å². The Labute approximate surface area is 130 Å². The molecule has 0 spiro atoms. The lowest BCUT2D eigenvalue weighted by Gasteiger charge is -2.20. The molecule has 0 saturated carbocycles. The molecule has 0 fully saturated rings. The number of rotatable bonds is 6. The molecule has 0 aromatic heterocycles. The average Bonchev–Trinajstić information content (AvgIpc) is 2.53. The van der Waals surface area contributed by atoms with Crippen molar-refractivity contribution in [1.29, 1.82) is 0 Å². The second kappa shape index (κ2) is 7.34. The summed E-state index contributed by atoms with van der Waals surface area (Å²) >= 11 is 6.40. The molecule has 0 aliphatic heterocycles. The maximum atomic E-state index is 6.40. The van der Waals surface area contributed by atoms with E-state index < -0.39 is 0 Å². The highest BCUT2D eigenvalue weighted by molar-refractivity contribution is 6.31. The first-order valence-corrected chi connectivity index (χ1v) is 7.20. The minimum Gasteiger partial charge on any atom is -0.493 e. The Morgan fingerprint density at radius 1 is 1.05 bits per heavy atom. The zero-order valence-electron chi connectivity index (χ0n) is 12.5. The van der Waals surface area contributed by atoms with Crippen LogP contribution in [0.5, 0.6) is 11.5 Å². The van der Waals surface area contributed by atoms with Gasteiger partial charge in [0.05, 0.1) is 14.2 Å². The monoisotopic (exact) mass is 305 g/mol. The van der Waals surface area contributed by atoms with Crippen LogP contribution in [0.1, 0.15) is 17.2 Å². The molecule has 2 rings (SSSR count). The Kier molecular flexibility index (Phi) is 5.48. The summed E-state index contributed by atoms with van der Waals surface area (Å²) in [6.45, 7) is 0. The largest absolute Gasteiger partial charge is 0.493 e. The third-order valence-corrected chi connectivity index (χ3v) is 3.84. The Morgan fingerprint density at radius 3 is 2.24 bits per heavy atom. The topological polar surface area (TPSA) is 30.5 Å². The fraction of sp³-hybridized carbons (Fsp3) is 0.294. The van der Waals surface area contributed by atoms with Crippen LogP contribution in [0.2, 0.25) is 5.02 Å². The third-order valence-electron chi connectivity index (χ3n) is 3.51. The van der Waals surface area contributed by atoms with E-state index in [1.54, 1.807) is 20.3 Å². The molecular weight excluding hydrogens is 286 g/mol. The van der Waals surface area contributed by atoms with Crippen LogP contribution in [0.4, 0.5) is 0 Å². The van der Waals surface area contributed by atoms with Crippen molar-refractivity contribution >= 4 is 11.6 Å². The van der Waals surface area contributed by atoms with Crippen molar-refractivity contribution in [2.45, 2.75) is 12.5 Å². The van der Waals surface area contributed by atoms with Crippen LogP contribution >= 0.6 is 11.6 Å². The zero-order valence-corrected chi connectivity index (χ0v) is 13.3. The molecule has 3 nitrogen and oxygen atoms in total. The number of hydrogen-bond acceptors (Lipinski definition) is 3. The standard InChI is InChI=1S/C17H20ClNO2/c1-19-15(9-12-7-5-4-6-8-12)13-10-16(20-2)17(21-3)11-14(13)18/h4-8,10-11,15,19H,9H2,1-3H3. The SMILES string of the molecule is CNC(Cc1ccccc1)c1cc(OC)c(OC)cc1Cl. The second-order valence-corrected chi connectivity index (χ2v) is 5.17. The van der Waals surface area contributed by atoms with Crippen molar-refractivity contribution in [1.82, 2.24) is 5.32 Å². The number of nitrogens with one attached hydrogen (secondary N) is 1. The fourth-order valence-electron chi connectivity index (χ4n) is 2.35. The molecule has 21 heavy (non-hydrogen) atoms. The summed E-state index contributed by atoms with van der Waals surface area (Å²) in [6, 6.07) is 14.2.